The Kier molecular flexibility index (Phi) is 11.1. The predicted octanol–water partition coefficient (Wildman–Crippen LogP) is 1.37. The largest absolute Gasteiger partial charge is 0.366 e. The van der Waals surface area contributed by atoms with Gasteiger partial charge >= 0.3 is 0 Å². The average molecular weight is 181 g/mol. The summed E-state index contributed by atoms with van der Waals surface area (Å²) < 4.78 is 0. The second-order valence-corrected chi connectivity index (χ2v) is 2.13. The zero-order valence-corrected chi connectivity index (χ0v) is 7.66. The molecular formula is C10H15NO2. The third kappa shape index (κ3) is 17.9. The van der Waals surface area contributed by atoms with Crippen molar-refractivity contribution in [2.75, 3.05) is 0 Å². The van der Waals surface area contributed by atoms with Crippen LogP contribution in [0.3, 0.4) is 0 Å². The van der Waals surface area contributed by atoms with Crippen molar-refractivity contribution in [3.05, 3.63) is 38.0 Å². The number of carbonyl (C=O) groups is 2. The van der Waals surface area contributed by atoms with Gasteiger partial charge in [0.15, 0.2) is 0 Å². The summed E-state index contributed by atoms with van der Waals surface area (Å²) in [6, 6.07) is 0. The first-order valence-electron chi connectivity index (χ1n) is 3.73. The fourth-order valence-corrected chi connectivity index (χ4v) is 0.405. The molecule has 0 bridgehead atoms. The lowest BCUT2D eigenvalue weighted by molar-refractivity contribution is -0.117. The number of Topliss-reactive ketones (excluding diaryl/α,β-unsaturated/α-hetero) is 1. The number of ketones is 1. The molecule has 0 aliphatic heterocycles. The quantitative estimate of drug-likeness (QED) is 0.514. The van der Waals surface area contributed by atoms with E-state index >= 15 is 0 Å². The number of primary amides is 1. The number of hydrogen-bond acceptors (Lipinski definition) is 2. The van der Waals surface area contributed by atoms with E-state index in [2.05, 4.69) is 25.5 Å². The summed E-state index contributed by atoms with van der Waals surface area (Å²) in [7, 11) is 0. The highest BCUT2D eigenvalue weighted by Gasteiger charge is 1.91. The molecular weight excluding hydrogens is 166 g/mol. The third-order valence-corrected chi connectivity index (χ3v) is 0.945. The molecule has 0 saturated heterocycles. The smallest absolute Gasteiger partial charge is 0.240 e. The van der Waals surface area contributed by atoms with E-state index in [4.69, 9.17) is 0 Å². The van der Waals surface area contributed by atoms with E-state index < -0.39 is 5.91 Å². The Labute approximate surface area is 78.6 Å². The maximum atomic E-state index is 10.5. The Morgan fingerprint density at radius 2 is 1.38 bits per heavy atom. The Hall–Kier alpha value is -1.64. The van der Waals surface area contributed by atoms with E-state index in [0.29, 0.717) is 12.8 Å². The van der Waals surface area contributed by atoms with E-state index in [1.54, 1.807) is 12.2 Å². The summed E-state index contributed by atoms with van der Waals surface area (Å²) in [5.74, 6) is -0.306. The van der Waals surface area contributed by atoms with E-state index in [1.807, 2.05) is 0 Å². The molecule has 13 heavy (non-hydrogen) atoms. The van der Waals surface area contributed by atoms with Crippen LogP contribution in [0.1, 0.15) is 12.8 Å². The molecule has 3 heteroatoms. The summed E-state index contributed by atoms with van der Waals surface area (Å²) in [6.45, 7) is 9.94. The maximum absolute atomic E-state index is 10.5. The van der Waals surface area contributed by atoms with Crippen LogP contribution in [-0.4, -0.2) is 11.7 Å². The number of carbonyl (C=O) groups excluding carboxylic acids is 2. The van der Waals surface area contributed by atoms with Gasteiger partial charge in [-0.25, -0.2) is 0 Å². The van der Waals surface area contributed by atoms with Crippen molar-refractivity contribution in [2.24, 2.45) is 5.73 Å². The van der Waals surface area contributed by atoms with Gasteiger partial charge in [-0.2, -0.15) is 0 Å². The summed E-state index contributed by atoms with van der Waals surface area (Å²) in [5.41, 5.74) is 4.53. The molecule has 72 valence electrons. The summed E-state index contributed by atoms with van der Waals surface area (Å²) in [4.78, 5) is 20.0. The molecule has 0 atom stereocenters. The van der Waals surface area contributed by atoms with Crippen molar-refractivity contribution < 1.29 is 9.59 Å². The maximum Gasteiger partial charge on any atom is 0.240 e. The lowest BCUT2D eigenvalue weighted by atomic mass is 10.2. The Morgan fingerprint density at radius 3 is 1.54 bits per heavy atom. The lowest BCUT2D eigenvalue weighted by Crippen LogP contribution is -2.04. The monoisotopic (exact) mass is 181 g/mol. The molecule has 2 N–H and O–H groups in total. The van der Waals surface area contributed by atoms with Gasteiger partial charge in [0.05, 0.1) is 0 Å². The van der Waals surface area contributed by atoms with Crippen molar-refractivity contribution in [1.82, 2.24) is 0 Å². The minimum Gasteiger partial charge on any atom is -0.366 e. The first-order chi connectivity index (χ1) is 6.08. The van der Waals surface area contributed by atoms with Gasteiger partial charge in [0.25, 0.3) is 0 Å². The Morgan fingerprint density at radius 1 is 1.08 bits per heavy atom. The van der Waals surface area contributed by atoms with Gasteiger partial charge in [-0.1, -0.05) is 18.7 Å². The van der Waals surface area contributed by atoms with Crippen molar-refractivity contribution in [3.8, 4) is 0 Å². The van der Waals surface area contributed by atoms with Gasteiger partial charge in [0.2, 0.25) is 5.91 Å². The van der Waals surface area contributed by atoms with Gasteiger partial charge in [-0.3, -0.25) is 9.59 Å². The molecule has 3 nitrogen and oxygen atoms in total. The Balaban J connectivity index is 0. The highest BCUT2D eigenvalue weighted by atomic mass is 16.1. The molecule has 0 aliphatic rings. The average Bonchev–Trinajstić information content (AvgIpc) is 2.06. The number of hydrogen-bond donors (Lipinski definition) is 1. The van der Waals surface area contributed by atoms with Crippen LogP contribution in [0, 0.1) is 0 Å². The second-order valence-electron chi connectivity index (χ2n) is 2.13. The standard InChI is InChI=1S/C7H10O.C3H5NO/c1-3-5-7(8)6-4-2;1-2-3(4)5/h3-4H,1-2,5-6H2;2H,1H2,(H2,4,5). The molecule has 0 fully saturated rings. The first-order valence-corrected chi connectivity index (χ1v) is 3.73. The Bertz CT molecular complexity index is 195. The fourth-order valence-electron chi connectivity index (χ4n) is 0.405. The predicted molar refractivity (Wildman–Crippen MR) is 54.0 cm³/mol. The van der Waals surface area contributed by atoms with Crippen LogP contribution < -0.4 is 5.73 Å². The van der Waals surface area contributed by atoms with Crippen LogP contribution in [0.25, 0.3) is 0 Å². The van der Waals surface area contributed by atoms with Crippen LogP contribution >= 0.6 is 0 Å². The highest BCUT2D eigenvalue weighted by Crippen LogP contribution is 1.89. The zero-order valence-electron chi connectivity index (χ0n) is 7.66. The van der Waals surface area contributed by atoms with Gasteiger partial charge in [-0.05, 0) is 6.08 Å². The number of allylic oxidation sites excluding steroid dienone is 2. The number of amides is 1. The van der Waals surface area contributed by atoms with Crippen molar-refractivity contribution in [1.29, 1.82) is 0 Å². The molecule has 0 aromatic heterocycles. The number of nitrogens with two attached hydrogens (primary N) is 1. The van der Waals surface area contributed by atoms with Crippen LogP contribution in [0.2, 0.25) is 0 Å². The zero-order chi connectivity index (χ0) is 10.7. The molecule has 0 radical (unpaired) electrons. The van der Waals surface area contributed by atoms with Gasteiger partial charge in [0.1, 0.15) is 5.78 Å². The molecule has 0 aliphatic carbocycles. The molecule has 0 aromatic rings. The van der Waals surface area contributed by atoms with Crippen LogP contribution in [0.15, 0.2) is 38.0 Å². The molecule has 1 amide bonds. The van der Waals surface area contributed by atoms with Crippen LogP contribution in [-0.2, 0) is 9.59 Å². The summed E-state index contributed by atoms with van der Waals surface area (Å²) in [6.07, 6.45) is 5.19. The second kappa shape index (κ2) is 10.4. The number of rotatable bonds is 5. The van der Waals surface area contributed by atoms with E-state index in [1.165, 1.54) is 0 Å². The van der Waals surface area contributed by atoms with Crippen molar-refractivity contribution in [3.63, 3.8) is 0 Å². The fraction of sp³-hybridized carbons (Fsp3) is 0.200. The van der Waals surface area contributed by atoms with Gasteiger partial charge in [-0.15, -0.1) is 13.2 Å². The normalized spacial score (nSPS) is 7.38. The molecule has 0 spiro atoms. The third-order valence-electron chi connectivity index (χ3n) is 0.945. The van der Waals surface area contributed by atoms with Crippen LogP contribution in [0.4, 0.5) is 0 Å². The van der Waals surface area contributed by atoms with Crippen molar-refractivity contribution in [2.45, 2.75) is 12.8 Å². The van der Waals surface area contributed by atoms with Crippen molar-refractivity contribution >= 4 is 11.7 Å². The molecule has 0 saturated carbocycles. The minimum atomic E-state index is -0.481. The lowest BCUT2D eigenvalue weighted by Gasteiger charge is -1.85. The molecule has 0 heterocycles. The van der Waals surface area contributed by atoms with E-state index in [9.17, 15) is 9.59 Å². The SMILES string of the molecule is C=CC(N)=O.C=CCC(=O)CC=C. The topological polar surface area (TPSA) is 60.2 Å². The first kappa shape index (κ1) is 13.9. The summed E-state index contributed by atoms with van der Waals surface area (Å²) >= 11 is 0. The van der Waals surface area contributed by atoms with Gasteiger partial charge < -0.3 is 5.73 Å². The highest BCUT2D eigenvalue weighted by molar-refractivity contribution is 5.85. The van der Waals surface area contributed by atoms with Crippen LogP contribution in [0.5, 0.6) is 0 Å². The molecule has 0 aromatic carbocycles. The molecule has 0 rings (SSSR count). The minimum absolute atomic E-state index is 0.176. The van der Waals surface area contributed by atoms with E-state index in [0.717, 1.165) is 6.08 Å². The van der Waals surface area contributed by atoms with E-state index in [-0.39, 0.29) is 5.78 Å². The van der Waals surface area contributed by atoms with Gasteiger partial charge in [0, 0.05) is 12.8 Å². The molecule has 0 unspecified atom stereocenters. The summed E-state index contributed by atoms with van der Waals surface area (Å²) in [5, 5.41) is 0.